The Morgan fingerprint density at radius 2 is 1.89 bits per heavy atom. The van der Waals surface area contributed by atoms with E-state index in [2.05, 4.69) is 10.5 Å². The van der Waals surface area contributed by atoms with Crippen LogP contribution in [0.4, 0.5) is 0 Å². The fourth-order valence-electron chi connectivity index (χ4n) is 3.49. The minimum atomic E-state index is -0.197. The van der Waals surface area contributed by atoms with E-state index in [0.29, 0.717) is 48.5 Å². The Kier molecular flexibility index (Phi) is 4.97. The molecule has 1 N–H and O–H groups in total. The second kappa shape index (κ2) is 7.72. The van der Waals surface area contributed by atoms with Crippen LogP contribution in [0.15, 0.2) is 57.9 Å². The summed E-state index contributed by atoms with van der Waals surface area (Å²) in [5.74, 6) is 0.251. The first-order valence-corrected chi connectivity index (χ1v) is 9.27. The average Bonchev–Trinajstić information content (AvgIpc) is 3.38. The first kappa shape index (κ1) is 18.0. The van der Waals surface area contributed by atoms with Crippen LogP contribution in [0.2, 0.25) is 0 Å². The molecule has 0 spiro atoms. The summed E-state index contributed by atoms with van der Waals surface area (Å²) in [7, 11) is 0. The van der Waals surface area contributed by atoms with Gasteiger partial charge in [0.15, 0.2) is 0 Å². The highest BCUT2D eigenvalue weighted by molar-refractivity contribution is 6.01. The molecule has 0 radical (unpaired) electrons. The molecule has 3 aromatic rings. The zero-order valence-corrected chi connectivity index (χ0v) is 15.6. The van der Waals surface area contributed by atoms with Gasteiger partial charge in [-0.2, -0.15) is 0 Å². The molecule has 28 heavy (non-hydrogen) atoms. The second-order valence-corrected chi connectivity index (χ2v) is 6.88. The van der Waals surface area contributed by atoms with Crippen molar-refractivity contribution in [1.29, 1.82) is 0 Å². The summed E-state index contributed by atoms with van der Waals surface area (Å²) in [6.07, 6.45) is 4.34. The molecule has 0 bridgehead atoms. The molecule has 1 aromatic carbocycles. The topological polar surface area (TPSA) is 88.6 Å². The molecular weight excluding hydrogens is 358 g/mol. The summed E-state index contributed by atoms with van der Waals surface area (Å²) < 4.78 is 10.3. The average molecular weight is 379 g/mol. The van der Waals surface area contributed by atoms with Crippen molar-refractivity contribution < 1.29 is 18.5 Å². The van der Waals surface area contributed by atoms with Crippen molar-refractivity contribution >= 4 is 11.8 Å². The standard InChI is InChI=1S/C21H21N3O4/c1-14-18(19(23-28-14)15-5-3-2-4-6-15)20(25)22-17-7-10-24(11-8-17)21(26)16-9-12-27-13-16/h2-6,9,12-13,17H,7-8,10-11H2,1H3,(H,22,25). The van der Waals surface area contributed by atoms with Gasteiger partial charge in [0.25, 0.3) is 11.8 Å². The van der Waals surface area contributed by atoms with Crippen molar-refractivity contribution in [2.75, 3.05) is 13.1 Å². The van der Waals surface area contributed by atoms with Crippen LogP contribution >= 0.6 is 0 Å². The Bertz CT molecular complexity index is 955. The third-order valence-electron chi connectivity index (χ3n) is 5.02. The van der Waals surface area contributed by atoms with Gasteiger partial charge in [-0.3, -0.25) is 9.59 Å². The molecule has 1 aliphatic rings. The van der Waals surface area contributed by atoms with Crippen molar-refractivity contribution in [3.05, 3.63) is 65.8 Å². The molecular formula is C21H21N3O4. The number of piperidine rings is 1. The van der Waals surface area contributed by atoms with E-state index in [4.69, 9.17) is 8.94 Å². The lowest BCUT2D eigenvalue weighted by Gasteiger charge is -2.32. The van der Waals surface area contributed by atoms with Crippen molar-refractivity contribution in [2.45, 2.75) is 25.8 Å². The Hall–Kier alpha value is -3.35. The number of amides is 2. The molecule has 0 aliphatic carbocycles. The fraction of sp³-hybridized carbons (Fsp3) is 0.286. The fourth-order valence-corrected chi connectivity index (χ4v) is 3.49. The lowest BCUT2D eigenvalue weighted by atomic mass is 10.0. The summed E-state index contributed by atoms with van der Waals surface area (Å²) in [6, 6.07) is 11.2. The lowest BCUT2D eigenvalue weighted by molar-refractivity contribution is 0.0697. The quantitative estimate of drug-likeness (QED) is 0.751. The predicted molar refractivity (Wildman–Crippen MR) is 102 cm³/mol. The van der Waals surface area contributed by atoms with Gasteiger partial charge in [0.05, 0.1) is 11.8 Å². The van der Waals surface area contributed by atoms with Gasteiger partial charge in [-0.25, -0.2) is 0 Å². The third kappa shape index (κ3) is 3.55. The molecule has 3 heterocycles. The van der Waals surface area contributed by atoms with Crippen molar-refractivity contribution in [1.82, 2.24) is 15.4 Å². The molecule has 1 aliphatic heterocycles. The van der Waals surface area contributed by atoms with E-state index in [0.717, 1.165) is 5.56 Å². The number of carbonyl (C=O) groups excluding carboxylic acids is 2. The summed E-state index contributed by atoms with van der Waals surface area (Å²) >= 11 is 0. The first-order chi connectivity index (χ1) is 13.6. The minimum absolute atomic E-state index is 0.00109. The van der Waals surface area contributed by atoms with Crippen molar-refractivity contribution in [3.63, 3.8) is 0 Å². The molecule has 1 fully saturated rings. The highest BCUT2D eigenvalue weighted by Crippen LogP contribution is 2.25. The molecule has 0 atom stereocenters. The SMILES string of the molecule is Cc1onc(-c2ccccc2)c1C(=O)NC1CCN(C(=O)c2ccoc2)CC1. The molecule has 7 heteroatoms. The molecule has 1 saturated heterocycles. The Morgan fingerprint density at radius 3 is 2.57 bits per heavy atom. The number of rotatable bonds is 4. The lowest BCUT2D eigenvalue weighted by Crippen LogP contribution is -2.46. The highest BCUT2D eigenvalue weighted by Gasteiger charge is 2.28. The van der Waals surface area contributed by atoms with E-state index >= 15 is 0 Å². The van der Waals surface area contributed by atoms with Gasteiger partial charge >= 0.3 is 0 Å². The molecule has 0 saturated carbocycles. The highest BCUT2D eigenvalue weighted by atomic mass is 16.5. The number of likely N-dealkylation sites (tertiary alicyclic amines) is 1. The van der Waals surface area contributed by atoms with E-state index in [1.165, 1.54) is 12.5 Å². The van der Waals surface area contributed by atoms with Gasteiger partial charge in [0.1, 0.15) is 23.3 Å². The molecule has 144 valence electrons. The van der Waals surface area contributed by atoms with Crippen molar-refractivity contribution in [3.8, 4) is 11.3 Å². The van der Waals surface area contributed by atoms with Crippen LogP contribution < -0.4 is 5.32 Å². The molecule has 2 amide bonds. The monoisotopic (exact) mass is 379 g/mol. The van der Waals surface area contributed by atoms with Crippen LogP contribution in [-0.2, 0) is 0 Å². The minimum Gasteiger partial charge on any atom is -0.472 e. The summed E-state index contributed by atoms with van der Waals surface area (Å²) in [5.41, 5.74) is 2.39. The van der Waals surface area contributed by atoms with Gasteiger partial charge in [-0.05, 0) is 25.8 Å². The van der Waals surface area contributed by atoms with Crippen LogP contribution in [0.1, 0.15) is 39.3 Å². The van der Waals surface area contributed by atoms with Gasteiger partial charge in [-0.15, -0.1) is 0 Å². The smallest absolute Gasteiger partial charge is 0.257 e. The summed E-state index contributed by atoms with van der Waals surface area (Å²) in [5, 5.41) is 7.14. The Labute approximate surface area is 162 Å². The predicted octanol–water partition coefficient (Wildman–Crippen LogP) is 3.28. The number of aromatic nitrogens is 1. The molecule has 2 aromatic heterocycles. The molecule has 4 rings (SSSR count). The summed E-state index contributed by atoms with van der Waals surface area (Å²) in [6.45, 7) is 2.91. The Morgan fingerprint density at radius 1 is 1.14 bits per heavy atom. The van der Waals surface area contributed by atoms with Gasteiger partial charge < -0.3 is 19.2 Å². The van der Waals surface area contributed by atoms with Crippen molar-refractivity contribution in [2.24, 2.45) is 0 Å². The van der Waals surface area contributed by atoms with Crippen LogP contribution in [0.5, 0.6) is 0 Å². The van der Waals surface area contributed by atoms with Crippen LogP contribution in [0.3, 0.4) is 0 Å². The zero-order chi connectivity index (χ0) is 19.5. The van der Waals surface area contributed by atoms with Crippen LogP contribution in [0.25, 0.3) is 11.3 Å². The number of aryl methyl sites for hydroxylation is 1. The normalized spacial score (nSPS) is 14.8. The number of hydrogen-bond acceptors (Lipinski definition) is 5. The largest absolute Gasteiger partial charge is 0.472 e. The Balaban J connectivity index is 1.41. The number of benzene rings is 1. The summed E-state index contributed by atoms with van der Waals surface area (Å²) in [4.78, 5) is 27.1. The van der Waals surface area contributed by atoms with E-state index < -0.39 is 0 Å². The van der Waals surface area contributed by atoms with Gasteiger partial charge in [0.2, 0.25) is 0 Å². The van der Waals surface area contributed by atoms with Crippen LogP contribution in [0, 0.1) is 6.92 Å². The van der Waals surface area contributed by atoms with Crippen LogP contribution in [-0.4, -0.2) is 41.0 Å². The zero-order valence-electron chi connectivity index (χ0n) is 15.6. The van der Waals surface area contributed by atoms with E-state index in [1.54, 1.807) is 17.9 Å². The molecule has 0 unspecified atom stereocenters. The maximum Gasteiger partial charge on any atom is 0.257 e. The molecule has 7 nitrogen and oxygen atoms in total. The second-order valence-electron chi connectivity index (χ2n) is 6.88. The first-order valence-electron chi connectivity index (χ1n) is 9.27. The van der Waals surface area contributed by atoms with Gasteiger partial charge in [-0.1, -0.05) is 35.5 Å². The number of furan rings is 1. The maximum atomic E-state index is 12.9. The van der Waals surface area contributed by atoms with E-state index in [-0.39, 0.29) is 17.9 Å². The number of nitrogens with one attached hydrogen (secondary N) is 1. The van der Waals surface area contributed by atoms with E-state index in [9.17, 15) is 9.59 Å². The van der Waals surface area contributed by atoms with E-state index in [1.807, 2.05) is 30.3 Å². The number of nitrogens with zero attached hydrogens (tertiary/aromatic N) is 2. The number of hydrogen-bond donors (Lipinski definition) is 1. The third-order valence-corrected chi connectivity index (χ3v) is 5.02. The number of carbonyl (C=O) groups is 2. The van der Waals surface area contributed by atoms with Gasteiger partial charge in [0, 0.05) is 24.7 Å². The maximum absolute atomic E-state index is 12.9.